The normalized spacial score (nSPS) is 14.2. The van der Waals surface area contributed by atoms with Crippen LogP contribution in [0.15, 0.2) is 18.2 Å². The van der Waals surface area contributed by atoms with Gasteiger partial charge in [-0.3, -0.25) is 9.59 Å². The molecule has 5 heteroatoms. The van der Waals surface area contributed by atoms with Crippen molar-refractivity contribution < 1.29 is 14.7 Å². The van der Waals surface area contributed by atoms with Gasteiger partial charge in [0.15, 0.2) is 0 Å². The molecule has 1 aliphatic heterocycles. The van der Waals surface area contributed by atoms with Crippen molar-refractivity contribution in [1.82, 2.24) is 5.32 Å². The predicted octanol–water partition coefficient (Wildman–Crippen LogP) is 1.89. The third-order valence-electron chi connectivity index (χ3n) is 3.58. The number of amides is 1. The van der Waals surface area contributed by atoms with E-state index in [9.17, 15) is 9.59 Å². The summed E-state index contributed by atoms with van der Waals surface area (Å²) in [6.45, 7) is 3.01. The van der Waals surface area contributed by atoms with E-state index in [0.717, 1.165) is 25.1 Å². The maximum Gasteiger partial charge on any atom is 0.308 e. The van der Waals surface area contributed by atoms with Crippen molar-refractivity contribution in [3.8, 4) is 0 Å². The van der Waals surface area contributed by atoms with Gasteiger partial charge in [-0.25, -0.2) is 0 Å². The van der Waals surface area contributed by atoms with Crippen molar-refractivity contribution >= 4 is 17.6 Å². The molecule has 1 amide bonds. The molecule has 0 saturated carbocycles. The van der Waals surface area contributed by atoms with E-state index in [0.29, 0.717) is 12.0 Å². The molecule has 0 bridgehead atoms. The average molecular weight is 276 g/mol. The van der Waals surface area contributed by atoms with Crippen LogP contribution in [0.3, 0.4) is 0 Å². The van der Waals surface area contributed by atoms with E-state index >= 15 is 0 Å². The quantitative estimate of drug-likeness (QED) is 0.741. The van der Waals surface area contributed by atoms with Gasteiger partial charge in [0.1, 0.15) is 0 Å². The standard InChI is InChI=1S/C15H20N2O3/c1-2-3-12(15(19)20)9-17-14(18)11-5-4-10-6-7-16-13(10)8-11/h4-5,8,12,16H,2-3,6-7,9H2,1H3,(H,17,18)(H,19,20). The van der Waals surface area contributed by atoms with Gasteiger partial charge in [-0.1, -0.05) is 19.4 Å². The van der Waals surface area contributed by atoms with Gasteiger partial charge in [0.25, 0.3) is 5.91 Å². The smallest absolute Gasteiger partial charge is 0.308 e. The van der Waals surface area contributed by atoms with Crippen LogP contribution in [0.1, 0.15) is 35.7 Å². The van der Waals surface area contributed by atoms with E-state index < -0.39 is 11.9 Å². The van der Waals surface area contributed by atoms with Gasteiger partial charge in [-0.15, -0.1) is 0 Å². The van der Waals surface area contributed by atoms with E-state index in [2.05, 4.69) is 10.6 Å². The summed E-state index contributed by atoms with van der Waals surface area (Å²) in [5, 5.41) is 15.0. The van der Waals surface area contributed by atoms with Crippen LogP contribution in [0.4, 0.5) is 5.69 Å². The SMILES string of the molecule is CCCC(CNC(=O)c1ccc2c(c1)NCC2)C(=O)O. The monoisotopic (exact) mass is 276 g/mol. The van der Waals surface area contributed by atoms with E-state index in [1.54, 1.807) is 6.07 Å². The lowest BCUT2D eigenvalue weighted by Gasteiger charge is -2.12. The highest BCUT2D eigenvalue weighted by Crippen LogP contribution is 2.23. The Bertz CT molecular complexity index is 514. The summed E-state index contributed by atoms with van der Waals surface area (Å²) in [4.78, 5) is 23.1. The molecule has 0 aromatic heterocycles. The van der Waals surface area contributed by atoms with E-state index in [4.69, 9.17) is 5.11 Å². The first-order chi connectivity index (χ1) is 9.61. The Morgan fingerprint density at radius 1 is 1.45 bits per heavy atom. The molecule has 1 atom stereocenters. The first-order valence-electron chi connectivity index (χ1n) is 6.99. The molecule has 0 saturated heterocycles. The van der Waals surface area contributed by atoms with Crippen LogP contribution in [0, 0.1) is 5.92 Å². The molecule has 0 radical (unpaired) electrons. The zero-order valence-corrected chi connectivity index (χ0v) is 11.6. The molecule has 2 rings (SSSR count). The van der Waals surface area contributed by atoms with Gasteiger partial charge in [-0.2, -0.15) is 0 Å². The largest absolute Gasteiger partial charge is 0.481 e. The van der Waals surface area contributed by atoms with Gasteiger partial charge in [-0.05, 0) is 30.5 Å². The number of hydrogen-bond donors (Lipinski definition) is 3. The van der Waals surface area contributed by atoms with Crippen LogP contribution in [0.25, 0.3) is 0 Å². The van der Waals surface area contributed by atoms with Gasteiger partial charge in [0.05, 0.1) is 5.92 Å². The van der Waals surface area contributed by atoms with Crippen molar-refractivity contribution in [2.45, 2.75) is 26.2 Å². The summed E-state index contributed by atoms with van der Waals surface area (Å²) >= 11 is 0. The number of anilines is 1. The number of fused-ring (bicyclic) bond motifs is 1. The number of carbonyl (C=O) groups is 2. The number of carbonyl (C=O) groups excluding carboxylic acids is 1. The van der Waals surface area contributed by atoms with E-state index in [1.807, 2.05) is 19.1 Å². The summed E-state index contributed by atoms with van der Waals surface area (Å²) < 4.78 is 0. The van der Waals surface area contributed by atoms with E-state index in [1.165, 1.54) is 5.56 Å². The van der Waals surface area contributed by atoms with Crippen LogP contribution in [-0.2, 0) is 11.2 Å². The summed E-state index contributed by atoms with van der Waals surface area (Å²) in [7, 11) is 0. The number of rotatable bonds is 6. The Labute approximate surface area is 118 Å². The van der Waals surface area contributed by atoms with Crippen LogP contribution >= 0.6 is 0 Å². The summed E-state index contributed by atoms with van der Waals surface area (Å²) in [6, 6.07) is 5.56. The molecule has 1 unspecified atom stereocenters. The molecular formula is C15H20N2O3. The molecule has 20 heavy (non-hydrogen) atoms. The molecule has 108 valence electrons. The summed E-state index contributed by atoms with van der Waals surface area (Å²) in [6.07, 6.45) is 2.34. The maximum absolute atomic E-state index is 12.0. The van der Waals surface area contributed by atoms with Crippen molar-refractivity contribution in [2.75, 3.05) is 18.4 Å². The van der Waals surface area contributed by atoms with Crippen LogP contribution in [0.2, 0.25) is 0 Å². The van der Waals surface area contributed by atoms with Gasteiger partial charge >= 0.3 is 5.97 Å². The third kappa shape index (κ3) is 3.29. The van der Waals surface area contributed by atoms with Gasteiger partial charge < -0.3 is 15.7 Å². The zero-order chi connectivity index (χ0) is 14.5. The van der Waals surface area contributed by atoms with Crippen LogP contribution < -0.4 is 10.6 Å². The molecule has 3 N–H and O–H groups in total. The topological polar surface area (TPSA) is 78.4 Å². The van der Waals surface area contributed by atoms with E-state index in [-0.39, 0.29) is 12.5 Å². The molecule has 1 aliphatic rings. The first-order valence-corrected chi connectivity index (χ1v) is 6.99. The lowest BCUT2D eigenvalue weighted by atomic mass is 10.0. The molecule has 1 aromatic carbocycles. The molecular weight excluding hydrogens is 256 g/mol. The van der Waals surface area contributed by atoms with Crippen molar-refractivity contribution in [3.05, 3.63) is 29.3 Å². The van der Waals surface area contributed by atoms with Crippen molar-refractivity contribution in [2.24, 2.45) is 5.92 Å². The number of aliphatic carboxylic acids is 1. The summed E-state index contributed by atoms with van der Waals surface area (Å²) in [5.41, 5.74) is 2.79. The minimum Gasteiger partial charge on any atom is -0.481 e. The Kier molecular flexibility index (Phi) is 4.61. The summed E-state index contributed by atoms with van der Waals surface area (Å²) in [5.74, 6) is -1.59. The number of nitrogens with one attached hydrogen (secondary N) is 2. The third-order valence-corrected chi connectivity index (χ3v) is 3.58. The molecule has 0 spiro atoms. The highest BCUT2D eigenvalue weighted by molar-refractivity contribution is 5.95. The zero-order valence-electron chi connectivity index (χ0n) is 11.6. The fourth-order valence-corrected chi connectivity index (χ4v) is 2.41. The lowest BCUT2D eigenvalue weighted by Crippen LogP contribution is -2.32. The van der Waals surface area contributed by atoms with Gasteiger partial charge in [0, 0.05) is 24.3 Å². The van der Waals surface area contributed by atoms with Crippen molar-refractivity contribution in [3.63, 3.8) is 0 Å². The maximum atomic E-state index is 12.0. The highest BCUT2D eigenvalue weighted by Gasteiger charge is 2.18. The Balaban J connectivity index is 1.96. The second-order valence-corrected chi connectivity index (χ2v) is 5.08. The van der Waals surface area contributed by atoms with Crippen LogP contribution in [0.5, 0.6) is 0 Å². The average Bonchev–Trinajstić information content (AvgIpc) is 2.89. The number of hydrogen-bond acceptors (Lipinski definition) is 3. The molecule has 1 aromatic rings. The predicted molar refractivity (Wildman–Crippen MR) is 77.0 cm³/mol. The van der Waals surface area contributed by atoms with Crippen LogP contribution in [-0.4, -0.2) is 30.1 Å². The fourth-order valence-electron chi connectivity index (χ4n) is 2.41. The molecule has 0 fully saturated rings. The first kappa shape index (κ1) is 14.4. The minimum absolute atomic E-state index is 0.173. The Morgan fingerprint density at radius 2 is 2.25 bits per heavy atom. The number of benzene rings is 1. The molecule has 0 aliphatic carbocycles. The second-order valence-electron chi connectivity index (χ2n) is 5.08. The molecule has 1 heterocycles. The lowest BCUT2D eigenvalue weighted by molar-refractivity contribution is -0.141. The Morgan fingerprint density at radius 3 is 2.95 bits per heavy atom. The highest BCUT2D eigenvalue weighted by atomic mass is 16.4. The molecule has 5 nitrogen and oxygen atoms in total. The second kappa shape index (κ2) is 6.41. The number of carboxylic acids is 1. The van der Waals surface area contributed by atoms with Crippen molar-refractivity contribution in [1.29, 1.82) is 0 Å². The Hall–Kier alpha value is -2.04. The fraction of sp³-hybridized carbons (Fsp3) is 0.467. The number of carboxylic acid groups (broad SMARTS) is 1. The minimum atomic E-state index is -0.859. The van der Waals surface area contributed by atoms with Gasteiger partial charge in [0.2, 0.25) is 0 Å².